The number of rotatable bonds is 0. The molecule has 22 heavy (non-hydrogen) atoms. The zero-order valence-corrected chi connectivity index (χ0v) is 19.4. The molecule has 0 saturated carbocycles. The Balaban J connectivity index is -0.0000000378. The Hall–Kier alpha value is 0. The van der Waals surface area contributed by atoms with E-state index < -0.39 is 0 Å². The molecule has 0 saturated heterocycles. The van der Waals surface area contributed by atoms with E-state index in [4.69, 9.17) is 1.37 Å². The minimum atomic E-state index is 0.569. The number of hydrogen-bond donors (Lipinski definition) is 0. The number of hydrogen-bond acceptors (Lipinski definition) is 0. The van der Waals surface area contributed by atoms with Gasteiger partial charge in [0, 0.05) is 1.37 Å². The van der Waals surface area contributed by atoms with Crippen LogP contribution in [0.4, 0.5) is 0 Å². The van der Waals surface area contributed by atoms with Gasteiger partial charge in [-0.3, -0.25) is 0 Å². The topological polar surface area (TPSA) is 0 Å². The van der Waals surface area contributed by atoms with Crippen molar-refractivity contribution in [2.75, 3.05) is 0 Å². The lowest BCUT2D eigenvalue weighted by Gasteiger charge is -1.79. The second-order valence-corrected chi connectivity index (χ2v) is 8.14. The molecule has 0 aromatic rings. The van der Waals surface area contributed by atoms with E-state index in [1.165, 1.54) is 6.42 Å². The lowest BCUT2D eigenvalue weighted by molar-refractivity contribution is 0.736. The van der Waals surface area contributed by atoms with Crippen LogP contribution in [0.15, 0.2) is 0 Å². The van der Waals surface area contributed by atoms with Crippen molar-refractivity contribution in [1.82, 2.24) is 0 Å². The monoisotopic (exact) mass is 322 g/mol. The van der Waals surface area contributed by atoms with Crippen molar-refractivity contribution in [3.05, 3.63) is 0 Å². The Morgan fingerprint density at radius 2 is 0.500 bits per heavy atom. The molecule has 0 aliphatic rings. The SMILES string of the molecule is CC(C)C.CC(C)C.CC(C)C.CC(C)C.CCC.[3H]CCC. The van der Waals surface area contributed by atoms with Crippen molar-refractivity contribution in [2.24, 2.45) is 23.7 Å². The highest BCUT2D eigenvalue weighted by atomic mass is 13.8. The maximum absolute atomic E-state index is 6.45. The molecule has 144 valence electrons. The van der Waals surface area contributed by atoms with E-state index in [0.717, 1.165) is 30.1 Å². The van der Waals surface area contributed by atoms with Crippen molar-refractivity contribution in [3.8, 4) is 0 Å². The molecule has 0 amide bonds. The summed E-state index contributed by atoms with van der Waals surface area (Å²) in [6.45, 7) is 32.8. The molecule has 0 aliphatic carbocycles. The van der Waals surface area contributed by atoms with E-state index >= 15 is 0 Å². The van der Waals surface area contributed by atoms with Crippen LogP contribution in [0.25, 0.3) is 0 Å². The van der Waals surface area contributed by atoms with Crippen molar-refractivity contribution < 1.29 is 1.37 Å². The Bertz CT molecular complexity index is 78.1. The van der Waals surface area contributed by atoms with Gasteiger partial charge in [0.25, 0.3) is 0 Å². The lowest BCUT2D eigenvalue weighted by atomic mass is 10.3. The molecule has 0 nitrogen and oxygen atoms in total. The van der Waals surface area contributed by atoms with Crippen LogP contribution in [0.5, 0.6) is 0 Å². The lowest BCUT2D eigenvalue weighted by Crippen LogP contribution is -1.66. The molecule has 0 unspecified atom stereocenters. The summed E-state index contributed by atoms with van der Waals surface area (Å²) in [6.07, 6.45) is 2.24. The second kappa shape index (κ2) is 42.9. The molecule has 0 radical (unpaired) electrons. The van der Waals surface area contributed by atoms with E-state index in [1.54, 1.807) is 0 Å². The van der Waals surface area contributed by atoms with Gasteiger partial charge in [-0.05, 0) is 23.7 Å². The van der Waals surface area contributed by atoms with Gasteiger partial charge in [0.2, 0.25) is 0 Å². The maximum atomic E-state index is 6.45. The summed E-state index contributed by atoms with van der Waals surface area (Å²) in [4.78, 5) is 0. The molecule has 0 atom stereocenters. The van der Waals surface area contributed by atoms with Gasteiger partial charge >= 0.3 is 0 Å². The smallest absolute Gasteiger partial charge is 0.0230 e. The second-order valence-electron chi connectivity index (χ2n) is 8.14. The summed E-state index contributed by atoms with van der Waals surface area (Å²) < 4.78 is 6.45. The molecule has 0 heterocycles. The molecular formula is C22H56. The van der Waals surface area contributed by atoms with Crippen LogP contribution in [0.2, 0.25) is 0 Å². The summed E-state index contributed by atoms with van der Waals surface area (Å²) in [5.74, 6) is 3.33. The van der Waals surface area contributed by atoms with Crippen LogP contribution in [-0.4, -0.2) is 0 Å². The van der Waals surface area contributed by atoms with Crippen LogP contribution >= 0.6 is 0 Å². The Kier molecular flexibility index (Phi) is 65.4. The average molecular weight is 323 g/mol. The first-order chi connectivity index (χ1) is 10.3. The summed E-state index contributed by atoms with van der Waals surface area (Å²) >= 11 is 0. The molecule has 0 fully saturated rings. The molecule has 0 bridgehead atoms. The fourth-order valence-corrected chi connectivity index (χ4v) is 0. The molecule has 0 heteroatoms. The third kappa shape index (κ3) is 0. The first kappa shape index (κ1) is 33.6. The zero-order chi connectivity index (χ0) is 20.4. The third-order valence-electron chi connectivity index (χ3n) is 0. The van der Waals surface area contributed by atoms with Crippen LogP contribution in [0.3, 0.4) is 0 Å². The van der Waals surface area contributed by atoms with Crippen LogP contribution in [0.1, 0.15) is 125 Å². The van der Waals surface area contributed by atoms with Crippen LogP contribution < -0.4 is 0 Å². The fourth-order valence-electron chi connectivity index (χ4n) is 0. The van der Waals surface area contributed by atoms with Crippen LogP contribution in [-0.2, 0) is 0 Å². The van der Waals surface area contributed by atoms with Gasteiger partial charge in [-0.2, -0.15) is 0 Å². The summed E-state index contributed by atoms with van der Waals surface area (Å²) in [6, 6.07) is 0. The summed E-state index contributed by atoms with van der Waals surface area (Å²) in [7, 11) is 0. The molecule has 0 aliphatic heterocycles. The van der Waals surface area contributed by atoms with Gasteiger partial charge in [-0.1, -0.05) is 124 Å². The Labute approximate surface area is 149 Å². The van der Waals surface area contributed by atoms with Gasteiger partial charge in [0.1, 0.15) is 0 Å². The largest absolute Gasteiger partial charge is 0.0656 e. The fraction of sp³-hybridized carbons (Fsp3) is 1.00. The molecule has 0 spiro atoms. The molecule has 0 N–H and O–H groups in total. The van der Waals surface area contributed by atoms with E-state index in [9.17, 15) is 0 Å². The van der Waals surface area contributed by atoms with Gasteiger partial charge in [-0.15, -0.1) is 0 Å². The first-order valence-corrected chi connectivity index (χ1v) is 9.55. The van der Waals surface area contributed by atoms with E-state index in [-0.39, 0.29) is 0 Å². The van der Waals surface area contributed by atoms with Gasteiger partial charge in [0.15, 0.2) is 0 Å². The minimum Gasteiger partial charge on any atom is -0.0656 e. The van der Waals surface area contributed by atoms with E-state index in [2.05, 4.69) is 96.9 Å². The minimum absolute atomic E-state index is 0.569. The predicted molar refractivity (Wildman–Crippen MR) is 114 cm³/mol. The maximum Gasteiger partial charge on any atom is 0.0230 e. The normalized spacial score (nSPS) is 8.77. The average Bonchev–Trinajstić information content (AvgIpc) is 2.26. The van der Waals surface area contributed by atoms with Crippen LogP contribution in [0, 0.1) is 23.7 Å². The van der Waals surface area contributed by atoms with Gasteiger partial charge < -0.3 is 0 Å². The molecular weight excluding hydrogens is 264 g/mol. The van der Waals surface area contributed by atoms with E-state index in [0.29, 0.717) is 6.90 Å². The van der Waals surface area contributed by atoms with E-state index in [1.807, 2.05) is 6.92 Å². The third-order valence-corrected chi connectivity index (χ3v) is 0. The van der Waals surface area contributed by atoms with Gasteiger partial charge in [-0.25, -0.2) is 0 Å². The highest BCUT2D eigenvalue weighted by Crippen LogP contribution is 1.82. The quantitative estimate of drug-likeness (QED) is 0.416. The van der Waals surface area contributed by atoms with Gasteiger partial charge in [0.05, 0.1) is 0 Å². The molecule has 0 rings (SSSR count). The Morgan fingerprint density at radius 3 is 0.500 bits per heavy atom. The zero-order valence-electron chi connectivity index (χ0n) is 20.4. The standard InChI is InChI=1S/4C4H10.2C3H8/c4*1-4(2)3;2*1-3-2/h4*4H,1-3H3;2*3H2,1-2H3/i;;;;1T;. The Morgan fingerprint density at radius 1 is 0.455 bits per heavy atom. The molecule has 0 aromatic heterocycles. The summed E-state index contributed by atoms with van der Waals surface area (Å²) in [5, 5.41) is 0. The highest BCUT2D eigenvalue weighted by molar-refractivity contribution is 4.21. The van der Waals surface area contributed by atoms with Crippen molar-refractivity contribution in [2.45, 2.75) is 124 Å². The van der Waals surface area contributed by atoms with Crippen molar-refractivity contribution in [1.29, 1.82) is 0 Å². The molecule has 0 aromatic carbocycles. The van der Waals surface area contributed by atoms with Crippen molar-refractivity contribution in [3.63, 3.8) is 0 Å². The van der Waals surface area contributed by atoms with Crippen molar-refractivity contribution >= 4 is 0 Å². The first-order valence-electron chi connectivity index (χ1n) is 10.3. The predicted octanol–water partition coefficient (Wildman–Crippen LogP) is 9.48. The summed E-state index contributed by atoms with van der Waals surface area (Å²) in [5.41, 5.74) is 0. The highest BCUT2D eigenvalue weighted by Gasteiger charge is 1.69.